The van der Waals surface area contributed by atoms with Crippen LogP contribution in [0.4, 0.5) is 10.1 Å². The molecule has 5 heteroatoms. The second kappa shape index (κ2) is 6.20. The van der Waals surface area contributed by atoms with Crippen molar-refractivity contribution in [3.05, 3.63) is 29.6 Å². The van der Waals surface area contributed by atoms with Crippen molar-refractivity contribution < 1.29 is 9.13 Å². The Morgan fingerprint density at radius 2 is 2.24 bits per heavy atom. The Balaban J connectivity index is 3.09. The van der Waals surface area contributed by atoms with E-state index in [4.69, 9.17) is 15.9 Å². The van der Waals surface area contributed by atoms with Crippen LogP contribution in [-0.2, 0) is 4.74 Å². The molecule has 0 aromatic heterocycles. The number of nitrogens with one attached hydrogen (secondary N) is 1. The average Bonchev–Trinajstić information content (AvgIpc) is 2.29. The van der Waals surface area contributed by atoms with Gasteiger partial charge in [-0.05, 0) is 19.1 Å². The van der Waals surface area contributed by atoms with Crippen LogP contribution in [0.5, 0.6) is 0 Å². The summed E-state index contributed by atoms with van der Waals surface area (Å²) in [5.74, 6) is -0.722. The van der Waals surface area contributed by atoms with Gasteiger partial charge in [-0.2, -0.15) is 0 Å². The highest BCUT2D eigenvalue weighted by Crippen LogP contribution is 2.22. The smallest absolute Gasteiger partial charge is 0.136 e. The Bertz CT molecular complexity index is 395. The van der Waals surface area contributed by atoms with Crippen LogP contribution < -0.4 is 10.6 Å². The molecule has 4 nitrogen and oxygen atoms in total. The van der Waals surface area contributed by atoms with Gasteiger partial charge in [0.1, 0.15) is 11.7 Å². The van der Waals surface area contributed by atoms with E-state index < -0.39 is 5.82 Å². The van der Waals surface area contributed by atoms with Gasteiger partial charge in [-0.3, -0.25) is 5.41 Å². The Labute approximate surface area is 101 Å². The molecule has 0 atom stereocenters. The first-order valence-corrected chi connectivity index (χ1v) is 5.48. The number of benzene rings is 1. The summed E-state index contributed by atoms with van der Waals surface area (Å²) < 4.78 is 18.6. The van der Waals surface area contributed by atoms with E-state index in [1.807, 2.05) is 11.8 Å². The number of nitrogen functional groups attached to an aromatic ring is 1. The Hall–Kier alpha value is -1.62. The van der Waals surface area contributed by atoms with E-state index in [0.29, 0.717) is 25.4 Å². The van der Waals surface area contributed by atoms with Gasteiger partial charge in [0.2, 0.25) is 0 Å². The third-order valence-corrected chi connectivity index (χ3v) is 2.55. The molecule has 0 aliphatic carbocycles. The zero-order valence-corrected chi connectivity index (χ0v) is 10.2. The maximum absolute atomic E-state index is 13.6. The molecule has 3 N–H and O–H groups in total. The van der Waals surface area contributed by atoms with E-state index in [0.717, 1.165) is 0 Å². The second-order valence-electron chi connectivity index (χ2n) is 3.62. The number of halogens is 1. The van der Waals surface area contributed by atoms with Crippen LogP contribution in [0.1, 0.15) is 12.5 Å². The molecule has 0 amide bonds. The molecule has 94 valence electrons. The Kier molecular flexibility index (Phi) is 4.90. The number of hydrogen-bond donors (Lipinski definition) is 2. The minimum Gasteiger partial charge on any atom is -0.384 e. The summed E-state index contributed by atoms with van der Waals surface area (Å²) in [6.45, 7) is 3.84. The highest BCUT2D eigenvalue weighted by atomic mass is 19.1. The monoisotopic (exact) mass is 239 g/mol. The van der Waals surface area contributed by atoms with Crippen molar-refractivity contribution in [3.63, 3.8) is 0 Å². The molecule has 0 spiro atoms. The van der Waals surface area contributed by atoms with E-state index in [1.54, 1.807) is 19.2 Å². The van der Waals surface area contributed by atoms with Gasteiger partial charge in [0.05, 0.1) is 17.9 Å². The summed E-state index contributed by atoms with van der Waals surface area (Å²) in [5.41, 5.74) is 6.22. The molecule has 0 saturated carbocycles. The summed E-state index contributed by atoms with van der Waals surface area (Å²) in [5, 5.41) is 7.44. The molecule has 0 aliphatic rings. The predicted octanol–water partition coefficient (Wildman–Crippen LogP) is 1.58. The maximum Gasteiger partial charge on any atom is 0.136 e. The minimum atomic E-state index is -0.467. The first kappa shape index (κ1) is 13.4. The molecule has 0 fully saturated rings. The molecular weight excluding hydrogens is 221 g/mol. The highest BCUT2D eigenvalue weighted by Gasteiger charge is 2.15. The van der Waals surface area contributed by atoms with Gasteiger partial charge < -0.3 is 15.4 Å². The fraction of sp³-hybridized carbons (Fsp3) is 0.417. The van der Waals surface area contributed by atoms with Gasteiger partial charge in [0.25, 0.3) is 0 Å². The molecule has 0 radical (unpaired) electrons. The number of ether oxygens (including phenoxy) is 1. The second-order valence-corrected chi connectivity index (χ2v) is 3.62. The molecule has 0 unspecified atom stereocenters. The molecule has 0 bridgehead atoms. The van der Waals surface area contributed by atoms with Gasteiger partial charge in [0, 0.05) is 20.2 Å². The molecule has 1 aromatic rings. The SMILES string of the molecule is CCN(CCOC)c1cccc(F)c1C(=N)N. The van der Waals surface area contributed by atoms with Crippen molar-refractivity contribution in [1.29, 1.82) is 5.41 Å². The van der Waals surface area contributed by atoms with Crippen LogP contribution in [0.2, 0.25) is 0 Å². The lowest BCUT2D eigenvalue weighted by Gasteiger charge is -2.25. The quantitative estimate of drug-likeness (QED) is 0.585. The lowest BCUT2D eigenvalue weighted by molar-refractivity contribution is 0.205. The first-order chi connectivity index (χ1) is 8.11. The van der Waals surface area contributed by atoms with Crippen LogP contribution in [0.25, 0.3) is 0 Å². The first-order valence-electron chi connectivity index (χ1n) is 5.48. The van der Waals surface area contributed by atoms with Gasteiger partial charge in [-0.25, -0.2) is 4.39 Å². The number of nitrogens with zero attached hydrogens (tertiary/aromatic N) is 1. The number of likely N-dealkylation sites (N-methyl/N-ethyl adjacent to an activating group) is 1. The molecule has 0 saturated heterocycles. The standard InChI is InChI=1S/C12H18FN3O/c1-3-16(7-8-17-2)10-6-4-5-9(13)11(10)12(14)15/h4-6H,3,7-8H2,1-2H3,(H3,14,15). The van der Waals surface area contributed by atoms with Crippen molar-refractivity contribution in [2.45, 2.75) is 6.92 Å². The molecule has 1 rings (SSSR count). The van der Waals surface area contributed by atoms with Crippen molar-refractivity contribution in [2.24, 2.45) is 5.73 Å². The molecular formula is C12H18FN3O. The normalized spacial score (nSPS) is 10.3. The summed E-state index contributed by atoms with van der Waals surface area (Å²) in [6.07, 6.45) is 0. The molecule has 0 heterocycles. The highest BCUT2D eigenvalue weighted by molar-refractivity contribution is 6.00. The summed E-state index contributed by atoms with van der Waals surface area (Å²) in [7, 11) is 1.62. The average molecular weight is 239 g/mol. The Morgan fingerprint density at radius 1 is 1.53 bits per heavy atom. The maximum atomic E-state index is 13.6. The lowest BCUT2D eigenvalue weighted by atomic mass is 10.1. The van der Waals surface area contributed by atoms with Gasteiger partial charge in [0.15, 0.2) is 0 Å². The predicted molar refractivity (Wildman–Crippen MR) is 67.2 cm³/mol. The lowest BCUT2D eigenvalue weighted by Crippen LogP contribution is -2.30. The van der Waals surface area contributed by atoms with Crippen LogP contribution in [0.3, 0.4) is 0 Å². The third-order valence-electron chi connectivity index (χ3n) is 2.55. The summed E-state index contributed by atoms with van der Waals surface area (Å²) in [6, 6.07) is 4.69. The zero-order valence-electron chi connectivity index (χ0n) is 10.2. The Morgan fingerprint density at radius 3 is 2.76 bits per heavy atom. The fourth-order valence-electron chi connectivity index (χ4n) is 1.69. The van der Waals surface area contributed by atoms with Gasteiger partial charge in [-0.1, -0.05) is 6.07 Å². The van der Waals surface area contributed by atoms with E-state index in [1.165, 1.54) is 6.07 Å². The summed E-state index contributed by atoms with van der Waals surface area (Å²) >= 11 is 0. The van der Waals surface area contributed by atoms with Gasteiger partial charge in [-0.15, -0.1) is 0 Å². The number of rotatable bonds is 6. The fourth-order valence-corrected chi connectivity index (χ4v) is 1.69. The van der Waals surface area contributed by atoms with Crippen LogP contribution >= 0.6 is 0 Å². The van der Waals surface area contributed by atoms with E-state index in [2.05, 4.69) is 0 Å². The van der Waals surface area contributed by atoms with Gasteiger partial charge >= 0.3 is 0 Å². The van der Waals surface area contributed by atoms with Crippen molar-refractivity contribution >= 4 is 11.5 Å². The van der Waals surface area contributed by atoms with E-state index >= 15 is 0 Å². The zero-order chi connectivity index (χ0) is 12.8. The largest absolute Gasteiger partial charge is 0.384 e. The topological polar surface area (TPSA) is 62.3 Å². The van der Waals surface area contributed by atoms with E-state index in [-0.39, 0.29) is 11.4 Å². The number of amidine groups is 1. The van der Waals surface area contributed by atoms with Crippen molar-refractivity contribution in [1.82, 2.24) is 0 Å². The van der Waals surface area contributed by atoms with Crippen LogP contribution in [0.15, 0.2) is 18.2 Å². The van der Waals surface area contributed by atoms with Crippen LogP contribution in [0, 0.1) is 11.2 Å². The van der Waals surface area contributed by atoms with Crippen molar-refractivity contribution in [3.8, 4) is 0 Å². The molecule has 0 aliphatic heterocycles. The molecule has 1 aromatic carbocycles. The number of nitrogens with two attached hydrogens (primary N) is 1. The number of anilines is 1. The minimum absolute atomic E-state index is 0.158. The number of hydrogen-bond acceptors (Lipinski definition) is 3. The third kappa shape index (κ3) is 3.17. The van der Waals surface area contributed by atoms with E-state index in [9.17, 15) is 4.39 Å². The van der Waals surface area contributed by atoms with Crippen molar-refractivity contribution in [2.75, 3.05) is 31.7 Å². The number of methoxy groups -OCH3 is 1. The molecule has 17 heavy (non-hydrogen) atoms. The van der Waals surface area contributed by atoms with Crippen LogP contribution in [-0.4, -0.2) is 32.6 Å². The summed E-state index contributed by atoms with van der Waals surface area (Å²) in [4.78, 5) is 1.93.